The predicted molar refractivity (Wildman–Crippen MR) is 115 cm³/mol. The molecule has 0 N–H and O–H groups in total. The Morgan fingerprint density at radius 3 is 2.69 bits per heavy atom. The number of nitrogens with zero attached hydrogens (tertiary/aromatic N) is 1. The van der Waals surface area contributed by atoms with Crippen LogP contribution in [0.4, 0.5) is 0 Å². The number of benzene rings is 2. The van der Waals surface area contributed by atoms with Crippen LogP contribution in [0.25, 0.3) is 0 Å². The van der Waals surface area contributed by atoms with Crippen molar-refractivity contribution in [2.75, 3.05) is 13.1 Å². The Labute approximate surface area is 174 Å². The molecule has 1 aliphatic heterocycles. The van der Waals surface area contributed by atoms with Crippen LogP contribution in [0.15, 0.2) is 48.5 Å². The second-order valence-electron chi connectivity index (χ2n) is 10.6. The standard InChI is InChI=1S/C27H31NO/c1-2-6-20(7-3-1)16-29-21-11-12-22-24(14-21)26-13-5-4-8-23(26)25-27(22,17-26)18-28(25)15-19-9-10-19/h1-3,6-7,11-12,14,19,23,25H,4-5,8-10,13,15-18H2. The summed E-state index contributed by atoms with van der Waals surface area (Å²) < 4.78 is 6.25. The zero-order chi connectivity index (χ0) is 19.1. The van der Waals surface area contributed by atoms with Crippen LogP contribution in [0.2, 0.25) is 0 Å². The summed E-state index contributed by atoms with van der Waals surface area (Å²) in [6.45, 7) is 3.37. The van der Waals surface area contributed by atoms with Crippen molar-refractivity contribution in [3.05, 3.63) is 65.2 Å². The molecule has 0 aromatic heterocycles. The third-order valence-electron chi connectivity index (χ3n) is 9.06. The zero-order valence-corrected chi connectivity index (χ0v) is 17.3. The van der Waals surface area contributed by atoms with Crippen LogP contribution in [0.1, 0.15) is 61.6 Å². The summed E-state index contributed by atoms with van der Waals surface area (Å²) in [5, 5.41) is 0. The number of hydrogen-bond donors (Lipinski definition) is 0. The molecule has 2 nitrogen and oxygen atoms in total. The first-order valence-electron chi connectivity index (χ1n) is 11.8. The van der Waals surface area contributed by atoms with Gasteiger partial charge >= 0.3 is 0 Å². The molecule has 7 rings (SSSR count). The minimum absolute atomic E-state index is 0.447. The van der Waals surface area contributed by atoms with E-state index in [1.54, 1.807) is 11.1 Å². The van der Waals surface area contributed by atoms with Crippen LogP contribution in [0.3, 0.4) is 0 Å². The van der Waals surface area contributed by atoms with Gasteiger partial charge in [0.25, 0.3) is 0 Å². The minimum atomic E-state index is 0.447. The van der Waals surface area contributed by atoms with E-state index in [0.29, 0.717) is 17.4 Å². The maximum atomic E-state index is 6.25. The van der Waals surface area contributed by atoms with E-state index in [2.05, 4.69) is 53.4 Å². The quantitative estimate of drug-likeness (QED) is 0.679. The van der Waals surface area contributed by atoms with E-state index in [9.17, 15) is 0 Å². The Morgan fingerprint density at radius 1 is 0.931 bits per heavy atom. The van der Waals surface area contributed by atoms with Crippen LogP contribution in [-0.4, -0.2) is 24.0 Å². The number of likely N-dealkylation sites (tertiary alicyclic amines) is 1. The summed E-state index contributed by atoms with van der Waals surface area (Å²) in [5.74, 6) is 2.97. The fraction of sp³-hybridized carbons (Fsp3) is 0.556. The molecular formula is C27H31NO. The van der Waals surface area contributed by atoms with Crippen molar-refractivity contribution in [2.45, 2.75) is 68.4 Å². The molecule has 1 saturated heterocycles. The highest BCUT2D eigenvalue weighted by Gasteiger charge is 2.74. The second kappa shape index (κ2) is 5.88. The predicted octanol–water partition coefficient (Wildman–Crippen LogP) is 5.44. The van der Waals surface area contributed by atoms with Gasteiger partial charge in [-0.25, -0.2) is 0 Å². The Balaban J connectivity index is 1.22. The molecule has 4 unspecified atom stereocenters. The van der Waals surface area contributed by atoms with Crippen molar-refractivity contribution in [2.24, 2.45) is 11.8 Å². The number of hydrogen-bond acceptors (Lipinski definition) is 2. The summed E-state index contributed by atoms with van der Waals surface area (Å²) >= 11 is 0. The van der Waals surface area contributed by atoms with Crippen molar-refractivity contribution in [3.8, 4) is 5.75 Å². The minimum Gasteiger partial charge on any atom is -0.489 e. The number of rotatable bonds is 5. The third kappa shape index (κ3) is 2.27. The molecular weight excluding hydrogens is 354 g/mol. The highest BCUT2D eigenvalue weighted by atomic mass is 16.5. The van der Waals surface area contributed by atoms with Gasteiger partial charge in [-0.15, -0.1) is 0 Å². The van der Waals surface area contributed by atoms with Gasteiger partial charge in [-0.1, -0.05) is 49.2 Å². The van der Waals surface area contributed by atoms with E-state index in [1.165, 1.54) is 63.6 Å². The lowest BCUT2D eigenvalue weighted by Crippen LogP contribution is -2.68. The molecule has 3 saturated carbocycles. The smallest absolute Gasteiger partial charge is 0.120 e. The summed E-state index contributed by atoms with van der Waals surface area (Å²) in [6.07, 6.45) is 10.1. The highest BCUT2D eigenvalue weighted by molar-refractivity contribution is 5.58. The van der Waals surface area contributed by atoms with Gasteiger partial charge in [0.05, 0.1) is 0 Å². The second-order valence-corrected chi connectivity index (χ2v) is 10.6. The monoisotopic (exact) mass is 385 g/mol. The summed E-state index contributed by atoms with van der Waals surface area (Å²) in [4.78, 5) is 2.90. The third-order valence-corrected chi connectivity index (χ3v) is 9.06. The van der Waals surface area contributed by atoms with Crippen LogP contribution in [0, 0.1) is 11.8 Å². The van der Waals surface area contributed by atoms with E-state index < -0.39 is 0 Å². The van der Waals surface area contributed by atoms with Crippen molar-refractivity contribution >= 4 is 0 Å². The summed E-state index contributed by atoms with van der Waals surface area (Å²) in [6, 6.07) is 18.6. The molecule has 1 heterocycles. The molecule has 4 aliphatic carbocycles. The Morgan fingerprint density at radius 2 is 1.83 bits per heavy atom. The Hall–Kier alpha value is -1.80. The first-order valence-corrected chi connectivity index (χ1v) is 11.8. The van der Waals surface area contributed by atoms with Crippen molar-refractivity contribution in [1.29, 1.82) is 0 Å². The molecule has 4 fully saturated rings. The lowest BCUT2D eigenvalue weighted by atomic mass is 9.58. The first kappa shape index (κ1) is 16.9. The van der Waals surface area contributed by atoms with Gasteiger partial charge in [0.1, 0.15) is 12.4 Å². The van der Waals surface area contributed by atoms with Gasteiger partial charge in [0.15, 0.2) is 0 Å². The first-order chi connectivity index (χ1) is 14.3. The van der Waals surface area contributed by atoms with E-state index in [-0.39, 0.29) is 0 Å². The molecule has 0 radical (unpaired) electrons. The maximum Gasteiger partial charge on any atom is 0.120 e. The molecule has 2 heteroatoms. The topological polar surface area (TPSA) is 12.5 Å². The molecule has 2 bridgehead atoms. The van der Waals surface area contributed by atoms with E-state index >= 15 is 0 Å². The largest absolute Gasteiger partial charge is 0.489 e. The van der Waals surface area contributed by atoms with Gasteiger partial charge in [0, 0.05) is 30.0 Å². The van der Waals surface area contributed by atoms with E-state index in [0.717, 1.165) is 23.6 Å². The van der Waals surface area contributed by atoms with Gasteiger partial charge in [-0.05, 0) is 72.8 Å². The van der Waals surface area contributed by atoms with Crippen LogP contribution < -0.4 is 4.74 Å². The fourth-order valence-electron chi connectivity index (χ4n) is 7.88. The van der Waals surface area contributed by atoms with Crippen LogP contribution in [0.5, 0.6) is 5.75 Å². The van der Waals surface area contributed by atoms with Crippen molar-refractivity contribution in [1.82, 2.24) is 4.90 Å². The molecule has 2 aromatic rings. The zero-order valence-electron chi connectivity index (χ0n) is 17.3. The van der Waals surface area contributed by atoms with Gasteiger partial charge in [0.2, 0.25) is 0 Å². The van der Waals surface area contributed by atoms with Gasteiger partial charge in [-0.2, -0.15) is 0 Å². The lowest BCUT2D eigenvalue weighted by Gasteiger charge is -2.59. The highest BCUT2D eigenvalue weighted by Crippen LogP contribution is 2.72. The summed E-state index contributed by atoms with van der Waals surface area (Å²) in [7, 11) is 0. The van der Waals surface area contributed by atoms with Gasteiger partial charge in [-0.3, -0.25) is 4.90 Å². The number of fused-ring (bicyclic) bond motifs is 2. The molecule has 2 spiro atoms. The summed E-state index contributed by atoms with van der Waals surface area (Å²) in [5.41, 5.74) is 5.53. The van der Waals surface area contributed by atoms with Crippen molar-refractivity contribution < 1.29 is 4.74 Å². The Kier molecular flexibility index (Phi) is 3.43. The molecule has 0 amide bonds. The lowest BCUT2D eigenvalue weighted by molar-refractivity contribution is -0.0319. The fourth-order valence-corrected chi connectivity index (χ4v) is 7.88. The van der Waals surface area contributed by atoms with E-state index in [1.807, 2.05) is 0 Å². The molecule has 150 valence electrons. The molecule has 4 atom stereocenters. The molecule has 29 heavy (non-hydrogen) atoms. The normalized spacial score (nSPS) is 36.8. The number of ether oxygens (including phenoxy) is 1. The average molecular weight is 386 g/mol. The van der Waals surface area contributed by atoms with Gasteiger partial charge < -0.3 is 4.74 Å². The molecule has 2 aromatic carbocycles. The SMILES string of the molecule is c1ccc(COc2ccc3c(c2)C24CCCCC2C2N(CC5CC5)CC32C4)cc1. The molecule has 5 aliphatic rings. The van der Waals surface area contributed by atoms with E-state index in [4.69, 9.17) is 4.74 Å². The average Bonchev–Trinajstić information content (AvgIpc) is 3.48. The maximum absolute atomic E-state index is 6.25. The van der Waals surface area contributed by atoms with Crippen molar-refractivity contribution in [3.63, 3.8) is 0 Å². The van der Waals surface area contributed by atoms with Crippen LogP contribution >= 0.6 is 0 Å². The Bertz CT molecular complexity index is 950. The van der Waals surface area contributed by atoms with Crippen LogP contribution in [-0.2, 0) is 17.4 Å².